The molecule has 0 aromatic carbocycles. The topological polar surface area (TPSA) is 61.4 Å². The third-order valence-electron chi connectivity index (χ3n) is 1.43. The molecule has 5 nitrogen and oxygen atoms in total. The zero-order valence-corrected chi connectivity index (χ0v) is 7.68. The van der Waals surface area contributed by atoms with Crippen LogP contribution in [0.5, 0.6) is 0 Å². The number of nitrogens with zero attached hydrogens (tertiary/aromatic N) is 1. The van der Waals surface area contributed by atoms with E-state index in [2.05, 4.69) is 10.6 Å². The molecule has 0 saturated heterocycles. The minimum Gasteiger partial charge on any atom is -0.341 e. The molecule has 5 heteroatoms. The minimum atomic E-state index is -0.468. The molecule has 0 atom stereocenters. The number of carbonyl (C=O) groups excluding carboxylic acids is 2. The maximum Gasteiger partial charge on any atom is 0.321 e. The van der Waals surface area contributed by atoms with Crippen molar-refractivity contribution >= 4 is 11.9 Å². The van der Waals surface area contributed by atoms with E-state index in [1.807, 2.05) is 14.0 Å². The lowest BCUT2D eigenvalue weighted by Gasteiger charge is -2.12. The highest BCUT2D eigenvalue weighted by molar-refractivity contribution is 5.95. The van der Waals surface area contributed by atoms with Gasteiger partial charge in [0, 0.05) is 7.05 Å². The normalized spacial score (nSPS) is 9.67. The summed E-state index contributed by atoms with van der Waals surface area (Å²) < 4.78 is 0. The molecule has 2 N–H and O–H groups in total. The highest BCUT2D eigenvalue weighted by atomic mass is 16.2. The zero-order chi connectivity index (χ0) is 9.56. The molecule has 0 aliphatic heterocycles. The van der Waals surface area contributed by atoms with Crippen molar-refractivity contribution in [1.82, 2.24) is 15.5 Å². The third kappa shape index (κ3) is 4.68. The summed E-state index contributed by atoms with van der Waals surface area (Å²) in [5.41, 5.74) is 0. The number of amides is 3. The lowest BCUT2D eigenvalue weighted by molar-refractivity contribution is -0.120. The highest BCUT2D eigenvalue weighted by Crippen LogP contribution is 1.79. The van der Waals surface area contributed by atoms with Crippen LogP contribution in [-0.4, -0.2) is 44.0 Å². The number of carbonyl (C=O) groups is 2. The minimum absolute atomic E-state index is 0.240. The summed E-state index contributed by atoms with van der Waals surface area (Å²) in [5.74, 6) is -0.293. The number of likely N-dealkylation sites (N-methyl/N-ethyl adjacent to an activating group) is 1. The van der Waals surface area contributed by atoms with Gasteiger partial charge in [-0.15, -0.1) is 0 Å². The van der Waals surface area contributed by atoms with Gasteiger partial charge in [-0.25, -0.2) is 4.79 Å². The highest BCUT2D eigenvalue weighted by Gasteiger charge is 2.06. The van der Waals surface area contributed by atoms with E-state index in [0.29, 0.717) is 0 Å². The molecule has 0 fully saturated rings. The van der Waals surface area contributed by atoms with E-state index in [9.17, 15) is 9.59 Å². The monoisotopic (exact) mass is 173 g/mol. The molecule has 0 radical (unpaired) electrons. The summed E-state index contributed by atoms with van der Waals surface area (Å²) in [6.45, 7) is 2.96. The van der Waals surface area contributed by atoms with Gasteiger partial charge in [-0.3, -0.25) is 15.0 Å². The van der Waals surface area contributed by atoms with Gasteiger partial charge in [0.15, 0.2) is 0 Å². The molecule has 0 bridgehead atoms. The fourth-order valence-electron chi connectivity index (χ4n) is 0.586. The third-order valence-corrected chi connectivity index (χ3v) is 1.43. The SMILES string of the molecule is CCN(C)CC(=O)NC(=O)NC. The molecule has 0 saturated carbocycles. The number of imide groups is 1. The van der Waals surface area contributed by atoms with Crippen LogP contribution < -0.4 is 10.6 Å². The summed E-state index contributed by atoms with van der Waals surface area (Å²) >= 11 is 0. The van der Waals surface area contributed by atoms with Crippen LogP contribution in [0.25, 0.3) is 0 Å². The molecular weight excluding hydrogens is 158 g/mol. The van der Waals surface area contributed by atoms with E-state index in [4.69, 9.17) is 0 Å². The van der Waals surface area contributed by atoms with Gasteiger partial charge in [0.1, 0.15) is 0 Å². The van der Waals surface area contributed by atoms with E-state index in [1.54, 1.807) is 4.90 Å². The summed E-state index contributed by atoms with van der Waals surface area (Å²) in [6, 6.07) is -0.468. The van der Waals surface area contributed by atoms with Crippen LogP contribution in [-0.2, 0) is 4.79 Å². The first-order valence-corrected chi connectivity index (χ1v) is 3.80. The fraction of sp³-hybridized carbons (Fsp3) is 0.714. The van der Waals surface area contributed by atoms with Crippen LogP contribution >= 0.6 is 0 Å². The predicted molar refractivity (Wildman–Crippen MR) is 45.8 cm³/mol. The van der Waals surface area contributed by atoms with E-state index in [-0.39, 0.29) is 12.5 Å². The van der Waals surface area contributed by atoms with E-state index < -0.39 is 6.03 Å². The average Bonchev–Trinajstić information content (AvgIpc) is 2.03. The van der Waals surface area contributed by atoms with Crippen LogP contribution in [0.3, 0.4) is 0 Å². The second kappa shape index (κ2) is 5.54. The predicted octanol–water partition coefficient (Wildman–Crippen LogP) is -0.606. The number of urea groups is 1. The molecule has 0 aromatic heterocycles. The lowest BCUT2D eigenvalue weighted by Crippen LogP contribution is -2.42. The summed E-state index contributed by atoms with van der Waals surface area (Å²) in [5, 5.41) is 4.46. The van der Waals surface area contributed by atoms with Gasteiger partial charge in [0.05, 0.1) is 6.54 Å². The molecule has 0 rings (SSSR count). The van der Waals surface area contributed by atoms with Gasteiger partial charge in [-0.2, -0.15) is 0 Å². The molecule has 3 amide bonds. The van der Waals surface area contributed by atoms with Crippen LogP contribution in [0, 0.1) is 0 Å². The Balaban J connectivity index is 3.66. The molecule has 0 aliphatic carbocycles. The second-order valence-corrected chi connectivity index (χ2v) is 2.46. The summed E-state index contributed by atoms with van der Waals surface area (Å²) in [7, 11) is 3.27. The van der Waals surface area contributed by atoms with Crippen LogP contribution in [0.15, 0.2) is 0 Å². The maximum absolute atomic E-state index is 11.0. The van der Waals surface area contributed by atoms with E-state index >= 15 is 0 Å². The van der Waals surface area contributed by atoms with Crippen molar-refractivity contribution in [2.24, 2.45) is 0 Å². The first kappa shape index (κ1) is 10.9. The smallest absolute Gasteiger partial charge is 0.321 e. The molecule has 0 aliphatic rings. The quantitative estimate of drug-likeness (QED) is 0.598. The Morgan fingerprint density at radius 1 is 1.42 bits per heavy atom. The largest absolute Gasteiger partial charge is 0.341 e. The van der Waals surface area contributed by atoms with Crippen molar-refractivity contribution in [3.63, 3.8) is 0 Å². The van der Waals surface area contributed by atoms with Gasteiger partial charge < -0.3 is 5.32 Å². The van der Waals surface area contributed by atoms with Crippen molar-refractivity contribution in [3.05, 3.63) is 0 Å². The number of rotatable bonds is 3. The first-order valence-electron chi connectivity index (χ1n) is 3.80. The van der Waals surface area contributed by atoms with Crippen molar-refractivity contribution in [2.75, 3.05) is 27.2 Å². The van der Waals surface area contributed by atoms with E-state index in [0.717, 1.165) is 6.54 Å². The molecule has 0 unspecified atom stereocenters. The van der Waals surface area contributed by atoms with Crippen molar-refractivity contribution in [1.29, 1.82) is 0 Å². The Morgan fingerprint density at radius 3 is 2.42 bits per heavy atom. The number of nitrogens with one attached hydrogen (secondary N) is 2. The Kier molecular flexibility index (Phi) is 5.03. The van der Waals surface area contributed by atoms with Gasteiger partial charge >= 0.3 is 6.03 Å². The standard InChI is InChI=1S/C7H15N3O2/c1-4-10(3)5-6(11)9-7(12)8-2/h4-5H2,1-3H3,(H2,8,9,11,12). The molecule has 0 aromatic rings. The Labute approximate surface area is 72.1 Å². The van der Waals surface area contributed by atoms with Gasteiger partial charge in [-0.1, -0.05) is 6.92 Å². The number of hydrogen-bond acceptors (Lipinski definition) is 3. The molecule has 70 valence electrons. The summed E-state index contributed by atoms with van der Waals surface area (Å²) in [4.78, 5) is 23.4. The van der Waals surface area contributed by atoms with Crippen molar-refractivity contribution in [3.8, 4) is 0 Å². The molecule has 0 spiro atoms. The molecule has 0 heterocycles. The number of hydrogen-bond donors (Lipinski definition) is 2. The Morgan fingerprint density at radius 2 is 2.00 bits per heavy atom. The van der Waals surface area contributed by atoms with E-state index in [1.165, 1.54) is 7.05 Å². The van der Waals surface area contributed by atoms with Gasteiger partial charge in [-0.05, 0) is 13.6 Å². The molecular formula is C7H15N3O2. The van der Waals surface area contributed by atoms with Crippen LogP contribution in [0.1, 0.15) is 6.92 Å². The van der Waals surface area contributed by atoms with Crippen molar-refractivity contribution < 1.29 is 9.59 Å². The zero-order valence-electron chi connectivity index (χ0n) is 7.68. The Bertz CT molecular complexity index is 170. The van der Waals surface area contributed by atoms with Crippen molar-refractivity contribution in [2.45, 2.75) is 6.92 Å². The lowest BCUT2D eigenvalue weighted by atomic mass is 10.5. The summed E-state index contributed by atoms with van der Waals surface area (Å²) in [6.07, 6.45) is 0. The van der Waals surface area contributed by atoms with Crippen LogP contribution in [0.2, 0.25) is 0 Å². The van der Waals surface area contributed by atoms with Gasteiger partial charge in [0.25, 0.3) is 0 Å². The molecule has 12 heavy (non-hydrogen) atoms. The fourth-order valence-corrected chi connectivity index (χ4v) is 0.586. The van der Waals surface area contributed by atoms with Gasteiger partial charge in [0.2, 0.25) is 5.91 Å². The average molecular weight is 173 g/mol. The Hall–Kier alpha value is -1.10. The first-order chi connectivity index (χ1) is 5.60. The second-order valence-electron chi connectivity index (χ2n) is 2.46. The van der Waals surface area contributed by atoms with Crippen LogP contribution in [0.4, 0.5) is 4.79 Å². The maximum atomic E-state index is 11.0.